The molecule has 0 amide bonds. The third-order valence-corrected chi connectivity index (χ3v) is 3.31. The van der Waals surface area contributed by atoms with Crippen LogP contribution < -0.4 is 10.1 Å². The average molecular weight is 264 g/mol. The Kier molecular flexibility index (Phi) is 2.88. The van der Waals surface area contributed by atoms with Gasteiger partial charge in [0.25, 0.3) is 0 Å². The van der Waals surface area contributed by atoms with Gasteiger partial charge in [-0.15, -0.1) is 0 Å². The molecule has 0 aliphatic heterocycles. The molecular formula is C13H14ClN3O. The van der Waals surface area contributed by atoms with Gasteiger partial charge in [0.1, 0.15) is 5.75 Å². The topological polar surface area (TPSA) is 39.1 Å². The summed E-state index contributed by atoms with van der Waals surface area (Å²) in [7, 11) is 1.61. The number of hydrogen-bond acceptors (Lipinski definition) is 3. The number of hydrogen-bond donors (Lipinski definition) is 1. The van der Waals surface area contributed by atoms with Crippen molar-refractivity contribution in [1.29, 1.82) is 0 Å². The van der Waals surface area contributed by atoms with Crippen LogP contribution in [0, 0.1) is 0 Å². The fraction of sp³-hybridized carbons (Fsp3) is 0.308. The lowest BCUT2D eigenvalue weighted by molar-refractivity contribution is 0.415. The van der Waals surface area contributed by atoms with E-state index in [1.807, 2.05) is 30.6 Å². The first kappa shape index (κ1) is 11.4. The van der Waals surface area contributed by atoms with Crippen molar-refractivity contribution in [3.8, 4) is 5.75 Å². The molecule has 94 valence electrons. The van der Waals surface area contributed by atoms with Crippen LogP contribution in [0.5, 0.6) is 5.75 Å². The first-order valence-corrected chi connectivity index (χ1v) is 6.29. The summed E-state index contributed by atoms with van der Waals surface area (Å²) in [5, 5.41) is 3.87. The number of imidazole rings is 1. The molecule has 3 rings (SSSR count). The van der Waals surface area contributed by atoms with Crippen LogP contribution in [0.2, 0.25) is 5.02 Å². The fourth-order valence-corrected chi connectivity index (χ4v) is 2.19. The molecule has 0 atom stereocenters. The van der Waals surface area contributed by atoms with Crippen LogP contribution in [0.1, 0.15) is 18.9 Å². The van der Waals surface area contributed by atoms with E-state index in [-0.39, 0.29) is 0 Å². The molecule has 0 bridgehead atoms. The Labute approximate surface area is 111 Å². The van der Waals surface area contributed by atoms with Gasteiger partial charge >= 0.3 is 0 Å². The first-order valence-electron chi connectivity index (χ1n) is 5.91. The lowest BCUT2D eigenvalue weighted by Crippen LogP contribution is -2.01. The molecule has 5 heteroatoms. The van der Waals surface area contributed by atoms with Crippen LogP contribution >= 0.6 is 11.6 Å². The first-order chi connectivity index (χ1) is 8.78. The molecule has 4 nitrogen and oxygen atoms in total. The van der Waals surface area contributed by atoms with Crippen LogP contribution in [0.25, 0.3) is 0 Å². The quantitative estimate of drug-likeness (QED) is 0.916. The second-order valence-corrected chi connectivity index (χ2v) is 4.77. The Morgan fingerprint density at radius 3 is 2.94 bits per heavy atom. The summed E-state index contributed by atoms with van der Waals surface area (Å²) in [5.41, 5.74) is 0.911. The van der Waals surface area contributed by atoms with E-state index in [0.717, 1.165) is 11.6 Å². The number of aromatic nitrogens is 2. The van der Waals surface area contributed by atoms with E-state index in [1.165, 1.54) is 12.8 Å². The van der Waals surface area contributed by atoms with E-state index >= 15 is 0 Å². The number of rotatable bonds is 4. The second-order valence-electron chi connectivity index (χ2n) is 4.36. The van der Waals surface area contributed by atoms with Crippen molar-refractivity contribution in [2.75, 3.05) is 12.4 Å². The summed E-state index contributed by atoms with van der Waals surface area (Å²) in [5.74, 6) is 1.53. The number of nitrogens with one attached hydrogen (secondary N) is 1. The highest BCUT2D eigenvalue weighted by atomic mass is 35.5. The summed E-state index contributed by atoms with van der Waals surface area (Å²) in [6.45, 7) is 0. The minimum atomic E-state index is 0.590. The zero-order chi connectivity index (χ0) is 12.5. The summed E-state index contributed by atoms with van der Waals surface area (Å²) in [6.07, 6.45) is 6.28. The Bertz CT molecular complexity index is 563. The van der Waals surface area contributed by atoms with Crippen molar-refractivity contribution in [1.82, 2.24) is 9.55 Å². The molecule has 1 N–H and O–H groups in total. The standard InChI is InChI=1S/C13H14ClN3O/c1-18-12-5-2-9(8-11(12)14)16-13-15-6-7-17(13)10-3-4-10/h2,5-8,10H,3-4H2,1H3,(H,15,16). The summed E-state index contributed by atoms with van der Waals surface area (Å²) < 4.78 is 7.29. The van der Waals surface area contributed by atoms with Gasteiger partial charge in [0.2, 0.25) is 5.95 Å². The number of anilines is 2. The van der Waals surface area contributed by atoms with Crippen LogP contribution in [-0.4, -0.2) is 16.7 Å². The number of ether oxygens (including phenoxy) is 1. The SMILES string of the molecule is COc1ccc(Nc2nccn2C2CC2)cc1Cl. The highest BCUT2D eigenvalue weighted by Gasteiger charge is 2.25. The van der Waals surface area contributed by atoms with Gasteiger partial charge in [0.15, 0.2) is 0 Å². The highest BCUT2D eigenvalue weighted by Crippen LogP contribution is 2.37. The van der Waals surface area contributed by atoms with Gasteiger partial charge in [0.05, 0.1) is 12.1 Å². The van der Waals surface area contributed by atoms with E-state index in [0.29, 0.717) is 16.8 Å². The smallest absolute Gasteiger partial charge is 0.207 e. The molecule has 2 aromatic rings. The molecule has 1 fully saturated rings. The molecule has 1 aliphatic rings. The van der Waals surface area contributed by atoms with Crippen molar-refractivity contribution in [2.24, 2.45) is 0 Å². The normalized spacial score (nSPS) is 14.6. The van der Waals surface area contributed by atoms with E-state index in [4.69, 9.17) is 16.3 Å². The largest absolute Gasteiger partial charge is 0.495 e. The maximum atomic E-state index is 6.09. The van der Waals surface area contributed by atoms with Crippen LogP contribution in [0.15, 0.2) is 30.6 Å². The van der Waals surface area contributed by atoms with Crippen LogP contribution in [0.3, 0.4) is 0 Å². The molecule has 0 spiro atoms. The van der Waals surface area contributed by atoms with Gasteiger partial charge in [-0.05, 0) is 31.0 Å². The minimum absolute atomic E-state index is 0.590. The zero-order valence-electron chi connectivity index (χ0n) is 10.1. The van der Waals surface area contributed by atoms with Crippen molar-refractivity contribution < 1.29 is 4.74 Å². The monoisotopic (exact) mass is 263 g/mol. The Hall–Kier alpha value is -1.68. The van der Waals surface area contributed by atoms with Gasteiger partial charge < -0.3 is 14.6 Å². The van der Waals surface area contributed by atoms with Gasteiger partial charge in [-0.3, -0.25) is 0 Å². The second kappa shape index (κ2) is 4.53. The molecule has 1 aromatic heterocycles. The Morgan fingerprint density at radius 2 is 2.28 bits per heavy atom. The highest BCUT2D eigenvalue weighted by molar-refractivity contribution is 6.32. The molecule has 18 heavy (non-hydrogen) atoms. The van der Waals surface area contributed by atoms with E-state index < -0.39 is 0 Å². The maximum absolute atomic E-state index is 6.09. The zero-order valence-corrected chi connectivity index (χ0v) is 10.8. The van der Waals surface area contributed by atoms with Crippen molar-refractivity contribution in [3.63, 3.8) is 0 Å². The molecule has 1 aromatic carbocycles. The number of benzene rings is 1. The van der Waals surface area contributed by atoms with Gasteiger partial charge in [-0.1, -0.05) is 11.6 Å². The van der Waals surface area contributed by atoms with Gasteiger partial charge in [-0.25, -0.2) is 4.98 Å². The summed E-state index contributed by atoms with van der Waals surface area (Å²) in [6, 6.07) is 6.21. The molecule has 0 unspecified atom stereocenters. The molecular weight excluding hydrogens is 250 g/mol. The summed E-state index contributed by atoms with van der Waals surface area (Å²) in [4.78, 5) is 4.32. The average Bonchev–Trinajstić information content (AvgIpc) is 3.11. The predicted molar refractivity (Wildman–Crippen MR) is 71.8 cm³/mol. The number of nitrogens with zero attached hydrogens (tertiary/aromatic N) is 2. The van der Waals surface area contributed by atoms with Crippen molar-refractivity contribution in [2.45, 2.75) is 18.9 Å². The van der Waals surface area contributed by atoms with Crippen molar-refractivity contribution >= 4 is 23.2 Å². The molecule has 0 saturated heterocycles. The molecule has 1 aliphatic carbocycles. The van der Waals surface area contributed by atoms with Crippen LogP contribution in [-0.2, 0) is 0 Å². The fourth-order valence-electron chi connectivity index (χ4n) is 1.93. The van der Waals surface area contributed by atoms with Crippen LogP contribution in [0.4, 0.5) is 11.6 Å². The maximum Gasteiger partial charge on any atom is 0.207 e. The number of halogens is 1. The Morgan fingerprint density at radius 1 is 1.44 bits per heavy atom. The Balaban J connectivity index is 1.83. The summed E-state index contributed by atoms with van der Waals surface area (Å²) >= 11 is 6.09. The van der Waals surface area contributed by atoms with Crippen molar-refractivity contribution in [3.05, 3.63) is 35.6 Å². The lowest BCUT2D eigenvalue weighted by Gasteiger charge is -2.10. The molecule has 0 radical (unpaired) electrons. The van der Waals surface area contributed by atoms with E-state index in [2.05, 4.69) is 14.9 Å². The number of methoxy groups -OCH3 is 1. The third kappa shape index (κ3) is 2.16. The molecule has 1 heterocycles. The predicted octanol–water partition coefficient (Wildman–Crippen LogP) is 3.62. The minimum Gasteiger partial charge on any atom is -0.495 e. The van der Waals surface area contributed by atoms with E-state index in [9.17, 15) is 0 Å². The molecule has 1 saturated carbocycles. The lowest BCUT2D eigenvalue weighted by atomic mass is 10.3. The van der Waals surface area contributed by atoms with Gasteiger partial charge in [-0.2, -0.15) is 0 Å². The van der Waals surface area contributed by atoms with Gasteiger partial charge in [0, 0.05) is 24.1 Å². The van der Waals surface area contributed by atoms with E-state index in [1.54, 1.807) is 7.11 Å². The third-order valence-electron chi connectivity index (χ3n) is 3.02.